The molecular formula is C27H23N7OS. The van der Waals surface area contributed by atoms with Crippen molar-refractivity contribution in [2.45, 2.75) is 26.8 Å². The van der Waals surface area contributed by atoms with Gasteiger partial charge in [0.15, 0.2) is 5.01 Å². The van der Waals surface area contributed by atoms with E-state index in [1.54, 1.807) is 6.20 Å². The molecule has 9 heteroatoms. The molecular weight excluding hydrogens is 470 g/mol. The average Bonchev–Trinajstić information content (AvgIpc) is 3.51. The molecule has 0 spiro atoms. The van der Waals surface area contributed by atoms with E-state index in [0.717, 1.165) is 55.0 Å². The molecule has 1 amide bonds. The van der Waals surface area contributed by atoms with Gasteiger partial charge in [-0.25, -0.2) is 4.52 Å². The number of benzene rings is 1. The quantitative estimate of drug-likeness (QED) is 0.310. The Morgan fingerprint density at radius 2 is 1.83 bits per heavy atom. The van der Waals surface area contributed by atoms with E-state index in [1.165, 1.54) is 18.3 Å². The van der Waals surface area contributed by atoms with Gasteiger partial charge in [0, 0.05) is 41.7 Å². The van der Waals surface area contributed by atoms with E-state index in [1.807, 2.05) is 59.2 Å². The molecule has 1 aromatic carbocycles. The van der Waals surface area contributed by atoms with Gasteiger partial charge in [0.1, 0.15) is 5.01 Å². The van der Waals surface area contributed by atoms with Crippen LogP contribution in [0.1, 0.15) is 26.3 Å². The molecule has 0 radical (unpaired) electrons. The van der Waals surface area contributed by atoms with Crippen LogP contribution in [0.5, 0.6) is 0 Å². The average molecular weight is 494 g/mol. The highest BCUT2D eigenvalue weighted by Crippen LogP contribution is 2.36. The second-order valence-corrected chi connectivity index (χ2v) is 9.51. The van der Waals surface area contributed by atoms with Gasteiger partial charge in [-0.15, -0.1) is 16.6 Å². The van der Waals surface area contributed by atoms with E-state index in [-0.39, 0.29) is 11.9 Å². The lowest BCUT2D eigenvalue weighted by Crippen LogP contribution is -2.11. The fourth-order valence-corrected chi connectivity index (χ4v) is 4.69. The Bertz CT molecular complexity index is 1610. The van der Waals surface area contributed by atoms with Gasteiger partial charge in [-0.05, 0) is 62.4 Å². The van der Waals surface area contributed by atoms with Crippen LogP contribution >= 0.6 is 11.3 Å². The van der Waals surface area contributed by atoms with Crippen LogP contribution in [0.4, 0.5) is 11.4 Å². The largest absolute Gasteiger partial charge is 0.382 e. The summed E-state index contributed by atoms with van der Waals surface area (Å²) in [4.78, 5) is 16.0. The number of aromatic nitrogens is 5. The molecule has 0 atom stereocenters. The Kier molecular flexibility index (Phi) is 6.19. The molecule has 5 aromatic rings. The molecule has 178 valence electrons. The monoisotopic (exact) mass is 493 g/mol. The maximum Gasteiger partial charge on any atom is 0.221 e. The zero-order chi connectivity index (χ0) is 25.2. The minimum Gasteiger partial charge on any atom is -0.382 e. The lowest BCUT2D eigenvalue weighted by molar-refractivity contribution is -0.114. The maximum absolute atomic E-state index is 11.3. The second kappa shape index (κ2) is 9.60. The van der Waals surface area contributed by atoms with Crippen molar-refractivity contribution in [1.82, 2.24) is 24.8 Å². The number of amides is 1. The van der Waals surface area contributed by atoms with Gasteiger partial charge in [0.2, 0.25) is 5.91 Å². The molecule has 0 aliphatic rings. The summed E-state index contributed by atoms with van der Waals surface area (Å²) in [5.41, 5.74) is 6.72. The van der Waals surface area contributed by atoms with Crippen molar-refractivity contribution in [3.8, 4) is 44.9 Å². The summed E-state index contributed by atoms with van der Waals surface area (Å²) in [5, 5.41) is 21.2. The standard InChI is InChI=1S/C27H23N7OS/c1-5-18-12-21-10-11-25(34(21)29-14-18)24-13-23(30-16(2)3)22(15-28-24)27-33-32-26(36-27)19-6-8-20(9-7-19)31-17(4)35/h1,6-16H,2-4H3,(H,28,30)(H,31,35). The van der Waals surface area contributed by atoms with Gasteiger partial charge in [-0.1, -0.05) is 17.3 Å². The predicted molar refractivity (Wildman–Crippen MR) is 144 cm³/mol. The van der Waals surface area contributed by atoms with E-state index in [2.05, 4.69) is 45.7 Å². The summed E-state index contributed by atoms with van der Waals surface area (Å²) in [6.07, 6.45) is 9.00. The summed E-state index contributed by atoms with van der Waals surface area (Å²) in [7, 11) is 0. The van der Waals surface area contributed by atoms with Crippen LogP contribution in [-0.2, 0) is 4.79 Å². The number of nitrogens with one attached hydrogen (secondary N) is 2. The number of fused-ring (bicyclic) bond motifs is 1. The first-order valence-electron chi connectivity index (χ1n) is 11.3. The molecule has 5 rings (SSSR count). The maximum atomic E-state index is 11.3. The molecule has 4 aromatic heterocycles. The molecule has 2 N–H and O–H groups in total. The summed E-state index contributed by atoms with van der Waals surface area (Å²) in [6, 6.07) is 15.6. The molecule has 36 heavy (non-hydrogen) atoms. The number of rotatable bonds is 6. The molecule has 0 bridgehead atoms. The number of terminal acetylenes is 1. The minimum atomic E-state index is -0.108. The first-order chi connectivity index (χ1) is 17.4. The van der Waals surface area contributed by atoms with Gasteiger partial charge in [-0.2, -0.15) is 5.10 Å². The van der Waals surface area contributed by atoms with Crippen LogP contribution < -0.4 is 10.6 Å². The molecule has 0 unspecified atom stereocenters. The number of carbonyl (C=O) groups is 1. The van der Waals surface area contributed by atoms with Gasteiger partial charge in [-0.3, -0.25) is 9.78 Å². The lowest BCUT2D eigenvalue weighted by Gasteiger charge is -2.14. The number of pyridine rings is 1. The van der Waals surface area contributed by atoms with Crippen molar-refractivity contribution in [3.05, 3.63) is 66.5 Å². The smallest absolute Gasteiger partial charge is 0.221 e. The first-order valence-corrected chi connectivity index (χ1v) is 12.2. The third-order valence-corrected chi connectivity index (χ3v) is 6.39. The molecule has 4 heterocycles. The number of hydrogen-bond donors (Lipinski definition) is 2. The molecule has 0 aliphatic heterocycles. The Hall–Kier alpha value is -4.55. The van der Waals surface area contributed by atoms with Gasteiger partial charge >= 0.3 is 0 Å². The second-order valence-electron chi connectivity index (χ2n) is 8.53. The van der Waals surface area contributed by atoms with Crippen molar-refractivity contribution in [2.75, 3.05) is 10.6 Å². The Morgan fingerprint density at radius 1 is 1.06 bits per heavy atom. The summed E-state index contributed by atoms with van der Waals surface area (Å²) in [5.74, 6) is 2.51. The van der Waals surface area contributed by atoms with Crippen LogP contribution in [-0.4, -0.2) is 36.7 Å². The lowest BCUT2D eigenvalue weighted by atomic mass is 10.1. The molecule has 8 nitrogen and oxygen atoms in total. The van der Waals surface area contributed by atoms with Gasteiger partial charge in [0.05, 0.1) is 28.7 Å². The fourth-order valence-electron chi connectivity index (χ4n) is 3.82. The molecule has 0 saturated carbocycles. The fraction of sp³-hybridized carbons (Fsp3) is 0.148. The van der Waals surface area contributed by atoms with Crippen LogP contribution in [0.3, 0.4) is 0 Å². The van der Waals surface area contributed by atoms with E-state index in [9.17, 15) is 4.79 Å². The number of carbonyl (C=O) groups excluding carboxylic acids is 1. The van der Waals surface area contributed by atoms with Gasteiger partial charge in [0.25, 0.3) is 0 Å². The summed E-state index contributed by atoms with van der Waals surface area (Å²) >= 11 is 1.48. The highest BCUT2D eigenvalue weighted by molar-refractivity contribution is 7.18. The zero-order valence-electron chi connectivity index (χ0n) is 20.0. The van der Waals surface area contributed by atoms with Crippen LogP contribution in [0, 0.1) is 12.3 Å². The van der Waals surface area contributed by atoms with Crippen molar-refractivity contribution in [3.63, 3.8) is 0 Å². The third-order valence-electron chi connectivity index (χ3n) is 5.39. The van der Waals surface area contributed by atoms with Gasteiger partial charge < -0.3 is 10.6 Å². The van der Waals surface area contributed by atoms with Crippen molar-refractivity contribution in [1.29, 1.82) is 0 Å². The van der Waals surface area contributed by atoms with Crippen LogP contribution in [0.2, 0.25) is 0 Å². The molecule has 0 saturated heterocycles. The van der Waals surface area contributed by atoms with E-state index in [4.69, 9.17) is 11.4 Å². The van der Waals surface area contributed by atoms with E-state index in [0.29, 0.717) is 0 Å². The topological polar surface area (TPSA) is 97.1 Å². The highest BCUT2D eigenvalue weighted by Gasteiger charge is 2.17. The van der Waals surface area contributed by atoms with E-state index < -0.39 is 0 Å². The van der Waals surface area contributed by atoms with Crippen molar-refractivity contribution in [2.24, 2.45) is 0 Å². The van der Waals surface area contributed by atoms with E-state index >= 15 is 0 Å². The first kappa shape index (κ1) is 23.2. The predicted octanol–water partition coefficient (Wildman–Crippen LogP) is 5.34. The number of anilines is 2. The highest BCUT2D eigenvalue weighted by atomic mass is 32.1. The summed E-state index contributed by atoms with van der Waals surface area (Å²) in [6.45, 7) is 5.65. The van der Waals surface area contributed by atoms with Crippen LogP contribution in [0.25, 0.3) is 38.0 Å². The Labute approximate surface area is 212 Å². The Morgan fingerprint density at radius 3 is 2.56 bits per heavy atom. The molecule has 0 aliphatic carbocycles. The molecule has 0 fully saturated rings. The zero-order valence-corrected chi connectivity index (χ0v) is 20.8. The SMILES string of the molecule is C#Cc1cnn2c(-c3cc(NC(C)C)c(-c4nnc(-c5ccc(NC(C)=O)cc5)s4)cn3)ccc2c1. The number of hydrogen-bond acceptors (Lipinski definition) is 7. The number of nitrogens with zero attached hydrogens (tertiary/aromatic N) is 5. The van der Waals surface area contributed by atoms with Crippen LogP contribution in [0.15, 0.2) is 60.9 Å². The Balaban J connectivity index is 1.50. The minimum absolute atomic E-state index is 0.108. The van der Waals surface area contributed by atoms with Crippen molar-refractivity contribution < 1.29 is 4.79 Å². The summed E-state index contributed by atoms with van der Waals surface area (Å²) < 4.78 is 1.83. The van der Waals surface area contributed by atoms with Crippen molar-refractivity contribution >= 4 is 34.1 Å². The normalized spacial score (nSPS) is 11.0. The third kappa shape index (κ3) is 4.67.